The Morgan fingerprint density at radius 1 is 1.44 bits per heavy atom. The molecule has 1 rings (SSSR count). The molecule has 1 aromatic rings. The minimum Gasteiger partial charge on any atom is -0.493 e. The van der Waals surface area contributed by atoms with E-state index in [1.54, 1.807) is 13.2 Å². The first-order chi connectivity index (χ1) is 7.65. The predicted octanol–water partition coefficient (Wildman–Crippen LogP) is 1.38. The molecule has 5 nitrogen and oxygen atoms in total. The molecule has 0 aliphatic carbocycles. The molecule has 3 N–H and O–H groups in total. The van der Waals surface area contributed by atoms with Gasteiger partial charge in [-0.1, -0.05) is 0 Å². The number of hydrogen-bond acceptors (Lipinski definition) is 4. The van der Waals surface area contributed by atoms with Gasteiger partial charge in [0.15, 0.2) is 0 Å². The van der Waals surface area contributed by atoms with Crippen molar-refractivity contribution in [3.63, 3.8) is 0 Å². The first kappa shape index (κ1) is 12.3. The summed E-state index contributed by atoms with van der Waals surface area (Å²) in [6.07, 6.45) is 0.775. The quantitative estimate of drug-likeness (QED) is 0.564. The molecular weight excluding hydrogens is 210 g/mol. The fourth-order valence-electron chi connectivity index (χ4n) is 1.22. The summed E-state index contributed by atoms with van der Waals surface area (Å²) >= 11 is 0. The van der Waals surface area contributed by atoms with Gasteiger partial charge in [0, 0.05) is 31.9 Å². The summed E-state index contributed by atoms with van der Waals surface area (Å²) in [4.78, 5) is 10.7. The van der Waals surface area contributed by atoms with Gasteiger partial charge in [-0.15, -0.1) is 0 Å². The molecule has 0 aliphatic rings. The van der Waals surface area contributed by atoms with Gasteiger partial charge in [-0.05, 0) is 12.1 Å². The van der Waals surface area contributed by atoms with Gasteiger partial charge in [0.1, 0.15) is 5.75 Å². The fourth-order valence-corrected chi connectivity index (χ4v) is 1.22. The second-order valence-corrected chi connectivity index (χ2v) is 3.25. The molecule has 0 heterocycles. The van der Waals surface area contributed by atoms with Crippen molar-refractivity contribution in [3.05, 3.63) is 23.8 Å². The summed E-state index contributed by atoms with van der Waals surface area (Å²) in [6, 6.07) is 4.53. The molecule has 0 radical (unpaired) electrons. The van der Waals surface area contributed by atoms with Crippen molar-refractivity contribution in [1.82, 2.24) is 0 Å². The zero-order valence-electron chi connectivity index (χ0n) is 9.10. The largest absolute Gasteiger partial charge is 0.493 e. The predicted molar refractivity (Wildman–Crippen MR) is 59.8 cm³/mol. The monoisotopic (exact) mass is 225 g/mol. The van der Waals surface area contributed by atoms with E-state index in [2.05, 4.69) is 0 Å². The van der Waals surface area contributed by atoms with Crippen molar-refractivity contribution in [2.45, 2.75) is 6.42 Å². The second-order valence-electron chi connectivity index (χ2n) is 3.25. The highest BCUT2D eigenvalue weighted by Gasteiger charge is 2.08. The second kappa shape index (κ2) is 5.97. The summed E-state index contributed by atoms with van der Waals surface area (Å²) in [6.45, 7) is 1.14. The maximum Gasteiger partial charge on any atom is 0.337 e. The van der Waals surface area contributed by atoms with Crippen LogP contribution in [-0.4, -0.2) is 31.4 Å². The average Bonchev–Trinajstić information content (AvgIpc) is 2.24. The third-order valence-electron chi connectivity index (χ3n) is 2.01. The maximum atomic E-state index is 10.7. The molecule has 0 saturated heterocycles. The van der Waals surface area contributed by atoms with E-state index in [0.717, 1.165) is 6.42 Å². The van der Waals surface area contributed by atoms with E-state index < -0.39 is 5.97 Å². The number of hydrogen-bond donors (Lipinski definition) is 2. The molecular formula is C11H15NO4. The van der Waals surface area contributed by atoms with Crippen LogP contribution >= 0.6 is 0 Å². The van der Waals surface area contributed by atoms with E-state index in [-0.39, 0.29) is 11.3 Å². The number of benzene rings is 1. The molecule has 0 unspecified atom stereocenters. The number of nitrogen functional groups attached to an aromatic ring is 1. The van der Waals surface area contributed by atoms with Crippen molar-refractivity contribution < 1.29 is 19.4 Å². The molecule has 0 fully saturated rings. The van der Waals surface area contributed by atoms with Crippen LogP contribution in [-0.2, 0) is 4.74 Å². The Morgan fingerprint density at radius 2 is 2.19 bits per heavy atom. The summed E-state index contributed by atoms with van der Waals surface area (Å²) in [7, 11) is 1.62. The normalized spacial score (nSPS) is 10.1. The first-order valence-corrected chi connectivity index (χ1v) is 4.89. The van der Waals surface area contributed by atoms with Gasteiger partial charge >= 0.3 is 5.97 Å². The highest BCUT2D eigenvalue weighted by Crippen LogP contribution is 2.19. The SMILES string of the molecule is COCCCOc1ccc(C(=O)O)c(N)c1. The van der Waals surface area contributed by atoms with Crippen LogP contribution in [0.2, 0.25) is 0 Å². The smallest absolute Gasteiger partial charge is 0.337 e. The van der Waals surface area contributed by atoms with E-state index >= 15 is 0 Å². The van der Waals surface area contributed by atoms with Crippen LogP contribution in [0, 0.1) is 0 Å². The lowest BCUT2D eigenvalue weighted by Gasteiger charge is -2.07. The zero-order valence-corrected chi connectivity index (χ0v) is 9.10. The Kier molecular flexibility index (Phi) is 4.60. The molecule has 0 aliphatic heterocycles. The van der Waals surface area contributed by atoms with Crippen LogP contribution in [0.1, 0.15) is 16.8 Å². The van der Waals surface area contributed by atoms with Crippen LogP contribution in [0.5, 0.6) is 5.75 Å². The van der Waals surface area contributed by atoms with E-state index in [4.69, 9.17) is 20.3 Å². The Hall–Kier alpha value is -1.75. The molecule has 16 heavy (non-hydrogen) atoms. The van der Waals surface area contributed by atoms with Gasteiger partial charge in [0.2, 0.25) is 0 Å². The Morgan fingerprint density at radius 3 is 2.75 bits per heavy atom. The van der Waals surface area contributed by atoms with Crippen molar-refractivity contribution >= 4 is 11.7 Å². The van der Waals surface area contributed by atoms with E-state index in [9.17, 15) is 4.79 Å². The number of methoxy groups -OCH3 is 1. The lowest BCUT2D eigenvalue weighted by atomic mass is 10.2. The van der Waals surface area contributed by atoms with Crippen molar-refractivity contribution in [3.8, 4) is 5.75 Å². The number of nitrogens with two attached hydrogens (primary N) is 1. The summed E-state index contributed by atoms with van der Waals surface area (Å²) in [5, 5.41) is 8.77. The number of aromatic carboxylic acids is 1. The van der Waals surface area contributed by atoms with Crippen molar-refractivity contribution in [2.24, 2.45) is 0 Å². The number of ether oxygens (including phenoxy) is 2. The molecule has 1 aromatic carbocycles. The highest BCUT2D eigenvalue weighted by molar-refractivity contribution is 5.93. The molecule has 0 saturated carbocycles. The van der Waals surface area contributed by atoms with Gasteiger partial charge < -0.3 is 20.3 Å². The van der Waals surface area contributed by atoms with Crippen LogP contribution < -0.4 is 10.5 Å². The minimum absolute atomic E-state index is 0.0873. The summed E-state index contributed by atoms with van der Waals surface area (Å²) < 4.78 is 10.2. The Bertz CT molecular complexity index is 365. The average molecular weight is 225 g/mol. The number of anilines is 1. The number of carboxylic acids is 1. The van der Waals surface area contributed by atoms with Gasteiger partial charge in [-0.3, -0.25) is 0 Å². The van der Waals surface area contributed by atoms with E-state index in [1.807, 2.05) is 0 Å². The van der Waals surface area contributed by atoms with Crippen LogP contribution in [0.4, 0.5) is 5.69 Å². The lowest BCUT2D eigenvalue weighted by molar-refractivity contribution is 0.0698. The Balaban J connectivity index is 2.56. The molecule has 0 spiro atoms. The van der Waals surface area contributed by atoms with E-state index in [0.29, 0.717) is 19.0 Å². The topological polar surface area (TPSA) is 81.8 Å². The summed E-state index contributed by atoms with van der Waals surface area (Å²) in [5.74, 6) is -0.470. The van der Waals surface area contributed by atoms with Crippen molar-refractivity contribution in [1.29, 1.82) is 0 Å². The molecule has 0 amide bonds. The molecule has 88 valence electrons. The first-order valence-electron chi connectivity index (χ1n) is 4.89. The number of carbonyl (C=O) groups is 1. The van der Waals surface area contributed by atoms with Gasteiger partial charge in [0.25, 0.3) is 0 Å². The van der Waals surface area contributed by atoms with Gasteiger partial charge in [-0.25, -0.2) is 4.79 Å². The minimum atomic E-state index is -1.04. The molecule has 0 aromatic heterocycles. The van der Waals surface area contributed by atoms with Crippen LogP contribution in [0.25, 0.3) is 0 Å². The van der Waals surface area contributed by atoms with Gasteiger partial charge in [0.05, 0.1) is 12.2 Å². The molecule has 0 atom stereocenters. The third kappa shape index (κ3) is 3.43. The van der Waals surface area contributed by atoms with Gasteiger partial charge in [-0.2, -0.15) is 0 Å². The molecule has 5 heteroatoms. The van der Waals surface area contributed by atoms with Crippen LogP contribution in [0.15, 0.2) is 18.2 Å². The third-order valence-corrected chi connectivity index (χ3v) is 2.01. The Labute approximate surface area is 93.8 Å². The number of carboxylic acid groups (broad SMARTS) is 1. The molecule has 0 bridgehead atoms. The standard InChI is InChI=1S/C11H15NO4/c1-15-5-2-6-16-8-3-4-9(11(13)14)10(12)7-8/h3-4,7H,2,5-6,12H2,1H3,(H,13,14). The van der Waals surface area contributed by atoms with Crippen LogP contribution in [0.3, 0.4) is 0 Å². The summed E-state index contributed by atoms with van der Waals surface area (Å²) in [5.41, 5.74) is 5.86. The highest BCUT2D eigenvalue weighted by atomic mass is 16.5. The zero-order chi connectivity index (χ0) is 12.0. The number of rotatable bonds is 6. The lowest BCUT2D eigenvalue weighted by Crippen LogP contribution is -2.04. The van der Waals surface area contributed by atoms with Crippen molar-refractivity contribution in [2.75, 3.05) is 26.1 Å². The fraction of sp³-hybridized carbons (Fsp3) is 0.364. The maximum absolute atomic E-state index is 10.7. The van der Waals surface area contributed by atoms with E-state index in [1.165, 1.54) is 12.1 Å².